The Morgan fingerprint density at radius 3 is 2.43 bits per heavy atom. The van der Waals surface area contributed by atoms with Crippen molar-refractivity contribution >= 4 is 17.6 Å². The number of ether oxygens (including phenoxy) is 1. The summed E-state index contributed by atoms with van der Waals surface area (Å²) < 4.78 is 43.7. The van der Waals surface area contributed by atoms with Crippen LogP contribution in [0, 0.1) is 6.92 Å². The van der Waals surface area contributed by atoms with Crippen molar-refractivity contribution in [1.29, 1.82) is 0 Å². The second kappa shape index (κ2) is 6.51. The zero-order valence-corrected chi connectivity index (χ0v) is 14.9. The lowest BCUT2D eigenvalue weighted by Gasteiger charge is -2.32. The highest BCUT2D eigenvalue weighted by molar-refractivity contribution is 6.06. The second-order valence-electron chi connectivity index (χ2n) is 6.88. The summed E-state index contributed by atoms with van der Waals surface area (Å²) in [5, 5.41) is 0. The first-order valence-electron chi connectivity index (χ1n) is 8.72. The van der Waals surface area contributed by atoms with E-state index in [9.17, 15) is 22.8 Å². The van der Waals surface area contributed by atoms with E-state index in [1.54, 1.807) is 6.07 Å². The number of carbonyl (C=O) groups is 2. The fraction of sp³-hybridized carbons (Fsp3) is 0.238. The quantitative estimate of drug-likeness (QED) is 0.720. The monoisotopic (exact) mass is 387 g/mol. The number of benzene rings is 2. The van der Waals surface area contributed by atoms with Gasteiger partial charge in [-0.3, -0.25) is 9.69 Å². The minimum Gasteiger partial charge on any atom is -0.456 e. The molecule has 0 spiro atoms. The van der Waals surface area contributed by atoms with E-state index in [2.05, 4.69) is 0 Å². The minimum absolute atomic E-state index is 0.0206. The van der Waals surface area contributed by atoms with Gasteiger partial charge in [-0.05, 0) is 42.3 Å². The third-order valence-electron chi connectivity index (χ3n) is 5.02. The van der Waals surface area contributed by atoms with Gasteiger partial charge in [-0.25, -0.2) is 4.79 Å². The molecule has 7 heteroatoms. The van der Waals surface area contributed by atoms with E-state index in [-0.39, 0.29) is 18.9 Å². The zero-order valence-electron chi connectivity index (χ0n) is 14.9. The van der Waals surface area contributed by atoms with Crippen LogP contribution in [0.3, 0.4) is 0 Å². The second-order valence-corrected chi connectivity index (χ2v) is 6.88. The van der Waals surface area contributed by atoms with Crippen molar-refractivity contribution in [3.05, 3.63) is 76.5 Å². The molecule has 0 saturated heterocycles. The van der Waals surface area contributed by atoms with E-state index >= 15 is 0 Å². The predicted molar refractivity (Wildman–Crippen MR) is 95.5 cm³/mol. The lowest BCUT2D eigenvalue weighted by atomic mass is 9.84. The summed E-state index contributed by atoms with van der Waals surface area (Å²) in [4.78, 5) is 26.8. The molecule has 0 saturated carbocycles. The highest BCUT2D eigenvalue weighted by Gasteiger charge is 2.43. The lowest BCUT2D eigenvalue weighted by Crippen LogP contribution is -2.37. The number of cyclic esters (lactones) is 1. The molecule has 0 fully saturated rings. The average Bonchev–Trinajstić information content (AvgIpc) is 3.02. The highest BCUT2D eigenvalue weighted by Crippen LogP contribution is 2.42. The van der Waals surface area contributed by atoms with E-state index in [0.29, 0.717) is 22.5 Å². The molecule has 0 aromatic heterocycles. The molecule has 2 heterocycles. The number of rotatable bonds is 2. The van der Waals surface area contributed by atoms with Gasteiger partial charge in [-0.1, -0.05) is 24.3 Å². The number of nitrogens with zero attached hydrogens (tertiary/aromatic N) is 1. The molecule has 0 bridgehead atoms. The predicted octanol–water partition coefficient (Wildman–Crippen LogP) is 4.35. The lowest BCUT2D eigenvalue weighted by molar-refractivity contribution is -0.138. The molecule has 2 aromatic rings. The van der Waals surface area contributed by atoms with Crippen LogP contribution in [-0.4, -0.2) is 18.5 Å². The fourth-order valence-corrected chi connectivity index (χ4v) is 3.71. The van der Waals surface area contributed by atoms with E-state index in [0.717, 1.165) is 17.7 Å². The maximum atomic E-state index is 12.9. The van der Waals surface area contributed by atoms with Crippen LogP contribution >= 0.6 is 0 Å². The summed E-state index contributed by atoms with van der Waals surface area (Å²) in [6.07, 6.45) is -4.47. The van der Waals surface area contributed by atoms with E-state index in [4.69, 9.17) is 4.74 Å². The molecule has 2 aromatic carbocycles. The van der Waals surface area contributed by atoms with Crippen LogP contribution in [0.4, 0.5) is 18.9 Å². The van der Waals surface area contributed by atoms with Crippen LogP contribution in [0.2, 0.25) is 0 Å². The highest BCUT2D eigenvalue weighted by atomic mass is 19.4. The van der Waals surface area contributed by atoms with E-state index in [1.807, 2.05) is 25.1 Å². The normalized spacial score (nSPS) is 19.7. The molecule has 28 heavy (non-hydrogen) atoms. The molecule has 0 radical (unpaired) electrons. The largest absolute Gasteiger partial charge is 0.456 e. The number of alkyl halides is 3. The summed E-state index contributed by atoms with van der Waals surface area (Å²) in [5.74, 6) is -1.39. The summed E-state index contributed by atoms with van der Waals surface area (Å²) >= 11 is 0. The van der Waals surface area contributed by atoms with E-state index < -0.39 is 23.6 Å². The van der Waals surface area contributed by atoms with Gasteiger partial charge in [0.2, 0.25) is 5.91 Å². The Morgan fingerprint density at radius 2 is 1.79 bits per heavy atom. The Kier molecular flexibility index (Phi) is 4.25. The van der Waals surface area contributed by atoms with Gasteiger partial charge in [0.15, 0.2) is 0 Å². The summed E-state index contributed by atoms with van der Waals surface area (Å²) in [6.45, 7) is 1.86. The number of esters is 1. The Morgan fingerprint density at radius 1 is 1.07 bits per heavy atom. The topological polar surface area (TPSA) is 46.6 Å². The summed E-state index contributed by atoms with van der Waals surface area (Å²) in [7, 11) is 0. The van der Waals surface area contributed by atoms with Crippen LogP contribution in [0.1, 0.15) is 29.0 Å². The van der Waals surface area contributed by atoms with Gasteiger partial charge < -0.3 is 4.74 Å². The van der Waals surface area contributed by atoms with Gasteiger partial charge in [0.25, 0.3) is 0 Å². The van der Waals surface area contributed by atoms with Gasteiger partial charge in [0.05, 0.1) is 16.8 Å². The van der Waals surface area contributed by atoms with Crippen molar-refractivity contribution in [2.24, 2.45) is 0 Å². The van der Waals surface area contributed by atoms with Gasteiger partial charge in [0, 0.05) is 18.0 Å². The SMILES string of the molecule is Cc1cccc(N2C(=O)C[C@@H](c3ccc(C(F)(F)F)cc3)C3=C2COC3=O)c1. The molecule has 144 valence electrons. The molecular formula is C21H16F3NO3. The molecule has 1 amide bonds. The molecule has 2 aliphatic heterocycles. The van der Waals surface area contributed by atoms with Gasteiger partial charge in [0.1, 0.15) is 6.61 Å². The smallest absolute Gasteiger partial charge is 0.416 e. The van der Waals surface area contributed by atoms with E-state index in [1.165, 1.54) is 17.0 Å². The maximum Gasteiger partial charge on any atom is 0.416 e. The Labute approximate surface area is 159 Å². The number of anilines is 1. The van der Waals surface area contributed by atoms with Crippen molar-refractivity contribution < 1.29 is 27.5 Å². The average molecular weight is 387 g/mol. The summed E-state index contributed by atoms with van der Waals surface area (Å²) in [5.41, 5.74) is 2.10. The van der Waals surface area contributed by atoms with Crippen LogP contribution in [0.25, 0.3) is 0 Å². The summed E-state index contributed by atoms with van der Waals surface area (Å²) in [6, 6.07) is 11.9. The number of halogens is 3. The molecule has 0 N–H and O–H groups in total. The maximum absolute atomic E-state index is 12.9. The van der Waals surface area contributed by atoms with Crippen LogP contribution in [-0.2, 0) is 20.5 Å². The van der Waals surface area contributed by atoms with Crippen LogP contribution in [0.5, 0.6) is 0 Å². The number of hydrogen-bond donors (Lipinski definition) is 0. The number of aryl methyl sites for hydroxylation is 1. The van der Waals surface area contributed by atoms with Crippen molar-refractivity contribution in [2.75, 3.05) is 11.5 Å². The standard InChI is InChI=1S/C21H16F3NO3/c1-12-3-2-4-15(9-12)25-17-11-28-20(27)19(17)16(10-18(25)26)13-5-7-14(8-6-13)21(22,23)24/h2-9,16H,10-11H2,1H3/t16-/m0/s1. The van der Waals surface area contributed by atoms with Crippen molar-refractivity contribution in [2.45, 2.75) is 25.4 Å². The molecule has 2 aliphatic rings. The Bertz CT molecular complexity index is 993. The third kappa shape index (κ3) is 3.06. The van der Waals surface area contributed by atoms with Crippen molar-refractivity contribution in [1.82, 2.24) is 0 Å². The number of amides is 1. The third-order valence-corrected chi connectivity index (χ3v) is 5.02. The fourth-order valence-electron chi connectivity index (χ4n) is 3.71. The minimum atomic E-state index is -4.44. The van der Waals surface area contributed by atoms with Gasteiger partial charge in [-0.2, -0.15) is 13.2 Å². The molecule has 1 atom stereocenters. The van der Waals surface area contributed by atoms with Crippen molar-refractivity contribution in [3.8, 4) is 0 Å². The number of hydrogen-bond acceptors (Lipinski definition) is 3. The molecule has 4 rings (SSSR count). The molecular weight excluding hydrogens is 371 g/mol. The van der Waals surface area contributed by atoms with Crippen LogP contribution in [0.15, 0.2) is 59.8 Å². The first-order valence-corrected chi connectivity index (χ1v) is 8.72. The first kappa shape index (κ1) is 18.3. The molecule has 0 unspecified atom stereocenters. The molecule has 4 nitrogen and oxygen atoms in total. The van der Waals surface area contributed by atoms with Gasteiger partial charge in [-0.15, -0.1) is 0 Å². The Hall–Kier alpha value is -3.09. The zero-order chi connectivity index (χ0) is 20.1. The number of carbonyl (C=O) groups excluding carboxylic acids is 2. The van der Waals surface area contributed by atoms with Gasteiger partial charge >= 0.3 is 12.1 Å². The first-order chi connectivity index (χ1) is 13.3. The van der Waals surface area contributed by atoms with Crippen molar-refractivity contribution in [3.63, 3.8) is 0 Å². The Balaban J connectivity index is 1.77. The molecule has 0 aliphatic carbocycles. The van der Waals surface area contributed by atoms with Crippen LogP contribution < -0.4 is 4.90 Å².